The maximum absolute atomic E-state index is 6.30. The summed E-state index contributed by atoms with van der Waals surface area (Å²) in [4.78, 5) is 0. The maximum atomic E-state index is 6.30. The van der Waals surface area contributed by atoms with Crippen LogP contribution in [0.3, 0.4) is 0 Å². The molecule has 0 radical (unpaired) electrons. The van der Waals surface area contributed by atoms with Crippen molar-refractivity contribution in [2.45, 2.75) is 65.6 Å². The predicted molar refractivity (Wildman–Crippen MR) is 84.1 cm³/mol. The molecule has 0 bridgehead atoms. The molecule has 0 spiro atoms. The van der Waals surface area contributed by atoms with E-state index in [1.807, 2.05) is 13.0 Å². The lowest BCUT2D eigenvalue weighted by molar-refractivity contribution is 0.181. The molecule has 1 atom stereocenters. The zero-order valence-corrected chi connectivity index (χ0v) is 14.3. The summed E-state index contributed by atoms with van der Waals surface area (Å²) in [5.74, 6) is 6.07. The van der Waals surface area contributed by atoms with Gasteiger partial charge in [-0.25, -0.2) is 0 Å². The highest BCUT2D eigenvalue weighted by Gasteiger charge is 2.38. The van der Waals surface area contributed by atoms with E-state index >= 15 is 0 Å². The van der Waals surface area contributed by atoms with Gasteiger partial charge >= 0.3 is 0 Å². The van der Waals surface area contributed by atoms with E-state index in [2.05, 4.69) is 59.2 Å². The number of hydrogen-bond donors (Lipinski definition) is 0. The highest BCUT2D eigenvalue weighted by molar-refractivity contribution is 6.74. The van der Waals surface area contributed by atoms with Crippen LogP contribution in [0.1, 0.15) is 47.5 Å². The van der Waals surface area contributed by atoms with Crippen LogP contribution in [0.4, 0.5) is 0 Å². The second-order valence-corrected chi connectivity index (χ2v) is 11.6. The van der Waals surface area contributed by atoms with Gasteiger partial charge < -0.3 is 4.43 Å². The molecule has 0 aliphatic heterocycles. The quantitative estimate of drug-likeness (QED) is 0.373. The molecular formula is C16H30OSi. The van der Waals surface area contributed by atoms with Crippen molar-refractivity contribution in [2.75, 3.05) is 6.61 Å². The second kappa shape index (κ2) is 6.59. The summed E-state index contributed by atoms with van der Waals surface area (Å²) in [6.07, 6.45) is 3.96. The molecule has 18 heavy (non-hydrogen) atoms. The Balaban J connectivity index is 4.54. The Bertz CT molecular complexity index is 327. The van der Waals surface area contributed by atoms with Crippen molar-refractivity contribution in [1.82, 2.24) is 0 Å². The van der Waals surface area contributed by atoms with E-state index in [1.54, 1.807) is 0 Å². The molecule has 0 N–H and O–H groups in total. The molecule has 0 aliphatic carbocycles. The van der Waals surface area contributed by atoms with Crippen LogP contribution in [0.15, 0.2) is 12.7 Å². The minimum atomic E-state index is -1.66. The minimum absolute atomic E-state index is 0.0410. The first kappa shape index (κ1) is 17.5. The van der Waals surface area contributed by atoms with Gasteiger partial charge in [0.1, 0.15) is 0 Å². The third kappa shape index (κ3) is 5.41. The van der Waals surface area contributed by atoms with Crippen molar-refractivity contribution in [3.8, 4) is 11.8 Å². The van der Waals surface area contributed by atoms with Crippen LogP contribution >= 0.6 is 0 Å². The van der Waals surface area contributed by atoms with E-state index in [0.29, 0.717) is 0 Å². The Hall–Kier alpha value is -0.523. The van der Waals surface area contributed by atoms with Gasteiger partial charge in [0.15, 0.2) is 8.32 Å². The zero-order valence-electron chi connectivity index (χ0n) is 13.3. The lowest BCUT2D eigenvalue weighted by atomic mass is 9.87. The Morgan fingerprint density at radius 1 is 1.22 bits per heavy atom. The van der Waals surface area contributed by atoms with Gasteiger partial charge in [0.25, 0.3) is 0 Å². The summed E-state index contributed by atoms with van der Waals surface area (Å²) in [5.41, 5.74) is 0.0410. The molecule has 0 rings (SSSR count). The Labute approximate surface area is 115 Å². The summed E-state index contributed by atoms with van der Waals surface area (Å²) in [7, 11) is -1.66. The highest BCUT2D eigenvalue weighted by atomic mass is 28.4. The van der Waals surface area contributed by atoms with E-state index in [0.717, 1.165) is 19.4 Å². The maximum Gasteiger partial charge on any atom is 0.192 e. The summed E-state index contributed by atoms with van der Waals surface area (Å²) in [5, 5.41) is 0.262. The molecule has 0 amide bonds. The van der Waals surface area contributed by atoms with E-state index in [1.165, 1.54) is 0 Å². The van der Waals surface area contributed by atoms with Crippen LogP contribution < -0.4 is 0 Å². The molecule has 104 valence electrons. The Morgan fingerprint density at radius 2 is 1.78 bits per heavy atom. The molecule has 0 aliphatic rings. The monoisotopic (exact) mass is 266 g/mol. The average Bonchev–Trinajstić information content (AvgIpc) is 2.25. The third-order valence-electron chi connectivity index (χ3n) is 4.06. The van der Waals surface area contributed by atoms with Gasteiger partial charge in [-0.3, -0.25) is 0 Å². The van der Waals surface area contributed by atoms with E-state index in [4.69, 9.17) is 4.43 Å². The summed E-state index contributed by atoms with van der Waals surface area (Å²) in [6, 6.07) is 0. The summed E-state index contributed by atoms with van der Waals surface area (Å²) >= 11 is 0. The van der Waals surface area contributed by atoms with Gasteiger partial charge in [-0.1, -0.05) is 33.8 Å². The fourth-order valence-electron chi connectivity index (χ4n) is 1.27. The molecule has 0 fully saturated rings. The molecule has 0 saturated carbocycles. The first-order chi connectivity index (χ1) is 8.08. The fraction of sp³-hybridized carbons (Fsp3) is 0.750. The Kier molecular flexibility index (Phi) is 6.40. The van der Waals surface area contributed by atoms with Crippen molar-refractivity contribution in [1.29, 1.82) is 0 Å². The van der Waals surface area contributed by atoms with E-state index < -0.39 is 8.32 Å². The van der Waals surface area contributed by atoms with Crippen LogP contribution in [-0.2, 0) is 4.43 Å². The van der Waals surface area contributed by atoms with Crippen molar-refractivity contribution < 1.29 is 4.43 Å². The normalized spacial score (nSPS) is 15.5. The van der Waals surface area contributed by atoms with E-state index in [-0.39, 0.29) is 10.5 Å². The highest BCUT2D eigenvalue weighted by Crippen LogP contribution is 2.38. The predicted octanol–water partition coefficient (Wildman–Crippen LogP) is 5.00. The van der Waals surface area contributed by atoms with Gasteiger partial charge in [0, 0.05) is 18.4 Å². The molecule has 0 aromatic carbocycles. The van der Waals surface area contributed by atoms with Crippen molar-refractivity contribution >= 4 is 8.32 Å². The zero-order chi connectivity index (χ0) is 14.4. The Morgan fingerprint density at radius 3 is 2.17 bits per heavy atom. The number of hydrogen-bond acceptors (Lipinski definition) is 1. The summed E-state index contributed by atoms with van der Waals surface area (Å²) < 4.78 is 6.30. The first-order valence-electron chi connectivity index (χ1n) is 6.75. The summed E-state index contributed by atoms with van der Waals surface area (Å²) in [6.45, 7) is 20.2. The van der Waals surface area contributed by atoms with Crippen LogP contribution in [0.25, 0.3) is 0 Å². The second-order valence-electron chi connectivity index (χ2n) is 6.83. The molecule has 0 heterocycles. The van der Waals surface area contributed by atoms with Crippen LogP contribution in [0.2, 0.25) is 18.1 Å². The van der Waals surface area contributed by atoms with Gasteiger partial charge in [0.05, 0.1) is 0 Å². The smallest absolute Gasteiger partial charge is 0.192 e. The van der Waals surface area contributed by atoms with Crippen LogP contribution in [0.5, 0.6) is 0 Å². The molecule has 1 unspecified atom stereocenters. The third-order valence-corrected chi connectivity index (χ3v) is 8.54. The van der Waals surface area contributed by atoms with Crippen molar-refractivity contribution in [3.05, 3.63) is 12.7 Å². The topological polar surface area (TPSA) is 9.23 Å². The molecular weight excluding hydrogens is 236 g/mol. The molecule has 0 saturated heterocycles. The fourth-order valence-corrected chi connectivity index (χ4v) is 2.39. The van der Waals surface area contributed by atoms with Crippen molar-refractivity contribution in [3.63, 3.8) is 0 Å². The first-order valence-corrected chi connectivity index (χ1v) is 9.66. The molecule has 2 heteroatoms. The van der Waals surface area contributed by atoms with Gasteiger partial charge in [-0.15, -0.1) is 18.4 Å². The van der Waals surface area contributed by atoms with Gasteiger partial charge in [-0.05, 0) is 31.5 Å². The minimum Gasteiger partial charge on any atom is -0.416 e. The lowest BCUT2D eigenvalue weighted by Crippen LogP contribution is -2.43. The largest absolute Gasteiger partial charge is 0.416 e. The van der Waals surface area contributed by atoms with Crippen LogP contribution in [0, 0.1) is 17.3 Å². The van der Waals surface area contributed by atoms with E-state index in [9.17, 15) is 0 Å². The van der Waals surface area contributed by atoms with Crippen molar-refractivity contribution in [2.24, 2.45) is 5.41 Å². The standard InChI is InChI=1S/C16H30OSi/c1-9-11-12-13-16(6,10-2)14-17-18(7,8)15(3,4)5/h10H,2,12-14H2,1,3-8H3. The SMILES string of the molecule is C=CC(C)(CCC#CC)CO[Si](C)(C)C(C)(C)C. The van der Waals surface area contributed by atoms with Gasteiger partial charge in [0.2, 0.25) is 0 Å². The molecule has 0 aromatic rings. The number of rotatable bonds is 6. The van der Waals surface area contributed by atoms with Crippen LogP contribution in [-0.4, -0.2) is 14.9 Å². The average molecular weight is 267 g/mol. The van der Waals surface area contributed by atoms with Gasteiger partial charge in [-0.2, -0.15) is 0 Å². The lowest BCUT2D eigenvalue weighted by Gasteiger charge is -2.39. The molecule has 1 nitrogen and oxygen atoms in total. The molecule has 0 aromatic heterocycles.